The smallest absolute Gasteiger partial charge is 0.253 e. The van der Waals surface area contributed by atoms with Gasteiger partial charge in [-0.15, -0.1) is 0 Å². The average Bonchev–Trinajstić information content (AvgIpc) is 3.10. The maximum absolute atomic E-state index is 12.5. The minimum atomic E-state index is 0.00578. The third-order valence-corrected chi connectivity index (χ3v) is 5.16. The standard InChI is InChI=1S/C20H24N6O/c1-15-10-18(24-23-15)13-25-8-4-16(5-9-25)12-26-14-22-19(11-20(26)27)17-2-6-21-7-3-17/h2-3,6-7,10-11,14,16H,4-5,8-9,12-13H2,1H3,(H,23,24). The molecule has 7 nitrogen and oxygen atoms in total. The Kier molecular flexibility index (Phi) is 5.11. The molecule has 0 aliphatic carbocycles. The van der Waals surface area contributed by atoms with Gasteiger partial charge in [-0.05, 0) is 57.0 Å². The topological polar surface area (TPSA) is 79.7 Å². The number of piperidine rings is 1. The van der Waals surface area contributed by atoms with Crippen molar-refractivity contribution in [2.75, 3.05) is 13.1 Å². The quantitative estimate of drug-likeness (QED) is 0.751. The molecule has 1 fully saturated rings. The number of pyridine rings is 1. The Morgan fingerprint density at radius 3 is 2.63 bits per heavy atom. The largest absolute Gasteiger partial charge is 0.299 e. The molecule has 4 heterocycles. The zero-order valence-electron chi connectivity index (χ0n) is 15.5. The highest BCUT2D eigenvalue weighted by molar-refractivity contribution is 5.57. The molecule has 27 heavy (non-hydrogen) atoms. The van der Waals surface area contributed by atoms with E-state index in [-0.39, 0.29) is 5.56 Å². The highest BCUT2D eigenvalue weighted by Gasteiger charge is 2.20. The number of nitrogens with zero attached hydrogens (tertiary/aromatic N) is 5. The van der Waals surface area contributed by atoms with Crippen LogP contribution in [0.4, 0.5) is 0 Å². The Morgan fingerprint density at radius 2 is 1.96 bits per heavy atom. The van der Waals surface area contributed by atoms with Crippen molar-refractivity contribution in [1.82, 2.24) is 29.6 Å². The lowest BCUT2D eigenvalue weighted by Crippen LogP contribution is -2.36. The lowest BCUT2D eigenvalue weighted by molar-refractivity contribution is 0.164. The summed E-state index contributed by atoms with van der Waals surface area (Å²) >= 11 is 0. The first-order valence-electron chi connectivity index (χ1n) is 9.37. The van der Waals surface area contributed by atoms with Crippen molar-refractivity contribution in [3.05, 3.63) is 64.7 Å². The fraction of sp³-hybridized carbons (Fsp3) is 0.400. The van der Waals surface area contributed by atoms with Crippen molar-refractivity contribution in [1.29, 1.82) is 0 Å². The van der Waals surface area contributed by atoms with Crippen molar-refractivity contribution in [3.63, 3.8) is 0 Å². The first-order valence-corrected chi connectivity index (χ1v) is 9.37. The number of rotatable bonds is 5. The Morgan fingerprint density at radius 1 is 1.19 bits per heavy atom. The molecule has 0 atom stereocenters. The lowest BCUT2D eigenvalue weighted by Gasteiger charge is -2.31. The lowest BCUT2D eigenvalue weighted by atomic mass is 9.96. The zero-order chi connectivity index (χ0) is 18.6. The van der Waals surface area contributed by atoms with E-state index in [1.165, 1.54) is 0 Å². The van der Waals surface area contributed by atoms with E-state index in [0.29, 0.717) is 11.6 Å². The van der Waals surface area contributed by atoms with Crippen molar-refractivity contribution in [2.24, 2.45) is 5.92 Å². The first-order chi connectivity index (χ1) is 13.2. The molecule has 3 aromatic heterocycles. The van der Waals surface area contributed by atoms with Crippen LogP contribution in [0, 0.1) is 12.8 Å². The third kappa shape index (κ3) is 4.31. The second-order valence-corrected chi connectivity index (χ2v) is 7.26. The summed E-state index contributed by atoms with van der Waals surface area (Å²) in [6, 6.07) is 7.44. The second kappa shape index (κ2) is 7.84. The van der Waals surface area contributed by atoms with Gasteiger partial charge in [0.05, 0.1) is 17.7 Å². The van der Waals surface area contributed by atoms with Crippen molar-refractivity contribution in [3.8, 4) is 11.3 Å². The Hall–Kier alpha value is -2.80. The molecule has 0 aromatic carbocycles. The van der Waals surface area contributed by atoms with E-state index in [9.17, 15) is 4.79 Å². The number of hydrogen-bond donors (Lipinski definition) is 1. The van der Waals surface area contributed by atoms with Crippen molar-refractivity contribution >= 4 is 0 Å². The molecule has 1 saturated heterocycles. The molecule has 0 radical (unpaired) electrons. The van der Waals surface area contributed by atoms with Crippen LogP contribution in [-0.2, 0) is 13.1 Å². The summed E-state index contributed by atoms with van der Waals surface area (Å²) in [4.78, 5) is 23.4. The van der Waals surface area contributed by atoms with E-state index in [4.69, 9.17) is 0 Å². The molecule has 1 aliphatic rings. The molecule has 1 N–H and O–H groups in total. The summed E-state index contributed by atoms with van der Waals surface area (Å²) in [6.45, 7) is 5.72. The van der Waals surface area contributed by atoms with Crippen LogP contribution in [-0.4, -0.2) is 42.7 Å². The SMILES string of the molecule is Cc1cc(CN2CCC(Cn3cnc(-c4ccncc4)cc3=O)CC2)n[nH]1. The molecular formula is C20H24N6O. The number of aryl methyl sites for hydroxylation is 1. The number of nitrogens with one attached hydrogen (secondary N) is 1. The number of aromatic amines is 1. The van der Waals surface area contributed by atoms with Crippen LogP contribution in [0.1, 0.15) is 24.2 Å². The van der Waals surface area contributed by atoms with Gasteiger partial charge in [0.15, 0.2) is 0 Å². The van der Waals surface area contributed by atoms with Crippen LogP contribution in [0.15, 0.2) is 47.8 Å². The molecule has 0 spiro atoms. The first kappa shape index (κ1) is 17.6. The van der Waals surface area contributed by atoms with Crippen molar-refractivity contribution in [2.45, 2.75) is 32.9 Å². The molecule has 0 amide bonds. The van der Waals surface area contributed by atoms with Gasteiger partial charge in [-0.1, -0.05) is 0 Å². The van der Waals surface area contributed by atoms with Gasteiger partial charge in [-0.25, -0.2) is 4.98 Å². The number of likely N-dealkylation sites (tertiary alicyclic amines) is 1. The van der Waals surface area contributed by atoms with E-state index in [1.54, 1.807) is 29.4 Å². The van der Waals surface area contributed by atoms with Gasteiger partial charge >= 0.3 is 0 Å². The highest BCUT2D eigenvalue weighted by atomic mass is 16.1. The molecule has 0 saturated carbocycles. The summed E-state index contributed by atoms with van der Waals surface area (Å²) in [7, 11) is 0. The highest BCUT2D eigenvalue weighted by Crippen LogP contribution is 2.20. The molecule has 1 aliphatic heterocycles. The maximum Gasteiger partial charge on any atom is 0.253 e. The Labute approximate surface area is 158 Å². The van der Waals surface area contributed by atoms with E-state index < -0.39 is 0 Å². The van der Waals surface area contributed by atoms with Crippen LogP contribution in [0.5, 0.6) is 0 Å². The van der Waals surface area contributed by atoms with Crippen LogP contribution in [0.25, 0.3) is 11.3 Å². The minimum absolute atomic E-state index is 0.00578. The Bertz CT molecular complexity index is 940. The summed E-state index contributed by atoms with van der Waals surface area (Å²) in [6.07, 6.45) is 7.27. The number of hydrogen-bond acceptors (Lipinski definition) is 5. The van der Waals surface area contributed by atoms with Gasteiger partial charge in [0.2, 0.25) is 0 Å². The predicted molar refractivity (Wildman–Crippen MR) is 103 cm³/mol. The van der Waals surface area contributed by atoms with Gasteiger partial charge in [-0.3, -0.25) is 24.3 Å². The van der Waals surface area contributed by atoms with Gasteiger partial charge in [0.1, 0.15) is 0 Å². The van der Waals surface area contributed by atoms with E-state index in [0.717, 1.165) is 56.0 Å². The summed E-state index contributed by atoms with van der Waals surface area (Å²) < 4.78 is 1.74. The maximum atomic E-state index is 12.5. The molecule has 0 unspecified atom stereocenters. The summed E-state index contributed by atoms with van der Waals surface area (Å²) in [5, 5.41) is 7.31. The van der Waals surface area contributed by atoms with E-state index in [1.807, 2.05) is 19.1 Å². The van der Waals surface area contributed by atoms with Gasteiger partial charge in [0.25, 0.3) is 5.56 Å². The number of H-pyrrole nitrogens is 1. The molecule has 0 bridgehead atoms. The van der Waals surface area contributed by atoms with E-state index >= 15 is 0 Å². The molecular weight excluding hydrogens is 340 g/mol. The van der Waals surface area contributed by atoms with Crippen molar-refractivity contribution < 1.29 is 0 Å². The summed E-state index contributed by atoms with van der Waals surface area (Å²) in [5.74, 6) is 0.508. The molecule has 3 aromatic rings. The van der Waals surface area contributed by atoms with Crippen LogP contribution >= 0.6 is 0 Å². The fourth-order valence-corrected chi connectivity index (χ4v) is 3.63. The molecule has 140 valence electrons. The number of aromatic nitrogens is 5. The van der Waals surface area contributed by atoms with Gasteiger partial charge in [-0.2, -0.15) is 5.10 Å². The normalized spacial score (nSPS) is 15.9. The monoisotopic (exact) mass is 364 g/mol. The minimum Gasteiger partial charge on any atom is -0.299 e. The van der Waals surface area contributed by atoms with Crippen LogP contribution < -0.4 is 5.56 Å². The average molecular weight is 364 g/mol. The second-order valence-electron chi connectivity index (χ2n) is 7.26. The predicted octanol–water partition coefficient (Wildman–Crippen LogP) is 2.25. The zero-order valence-corrected chi connectivity index (χ0v) is 15.5. The van der Waals surface area contributed by atoms with Crippen LogP contribution in [0.3, 0.4) is 0 Å². The molecule has 7 heteroatoms. The fourth-order valence-electron chi connectivity index (χ4n) is 3.63. The Balaban J connectivity index is 1.34. The summed E-state index contributed by atoms with van der Waals surface area (Å²) in [5.41, 5.74) is 3.81. The van der Waals surface area contributed by atoms with Gasteiger partial charge < -0.3 is 0 Å². The third-order valence-electron chi connectivity index (χ3n) is 5.16. The van der Waals surface area contributed by atoms with E-state index in [2.05, 4.69) is 31.1 Å². The van der Waals surface area contributed by atoms with Gasteiger partial charge in [0, 0.05) is 42.8 Å². The van der Waals surface area contributed by atoms with Crippen LogP contribution in [0.2, 0.25) is 0 Å². The molecule has 4 rings (SSSR count).